The first-order valence-corrected chi connectivity index (χ1v) is 7.36. The topological polar surface area (TPSA) is 75.0 Å². The highest BCUT2D eigenvalue weighted by Crippen LogP contribution is 2.22. The summed E-state index contributed by atoms with van der Waals surface area (Å²) in [6, 6.07) is 9.15. The van der Waals surface area contributed by atoms with E-state index in [2.05, 4.69) is 10.2 Å². The second-order valence-electron chi connectivity index (χ2n) is 5.32. The van der Waals surface area contributed by atoms with Gasteiger partial charge >= 0.3 is 0 Å². The Morgan fingerprint density at radius 3 is 2.86 bits per heavy atom. The smallest absolute Gasteiger partial charge is 0.271 e. The number of carbonyl (C=O) groups is 1. The van der Waals surface area contributed by atoms with Crippen LogP contribution in [0.4, 0.5) is 0 Å². The van der Waals surface area contributed by atoms with Gasteiger partial charge in [0.1, 0.15) is 5.69 Å². The maximum absolute atomic E-state index is 12.4. The number of nitrogens with zero attached hydrogens (tertiary/aromatic N) is 2. The van der Waals surface area contributed by atoms with Crippen molar-refractivity contribution in [1.29, 1.82) is 0 Å². The molecule has 1 fully saturated rings. The molecule has 0 spiro atoms. The number of halogens is 1. The molecule has 1 aliphatic heterocycles. The Labute approximate surface area is 128 Å². The average Bonchev–Trinajstić information content (AvgIpc) is 3.16. The zero-order valence-electron chi connectivity index (χ0n) is 11.6. The van der Waals surface area contributed by atoms with E-state index in [0.29, 0.717) is 23.2 Å². The summed E-state index contributed by atoms with van der Waals surface area (Å²) < 4.78 is 0. The van der Waals surface area contributed by atoms with Crippen LogP contribution in [0.15, 0.2) is 30.3 Å². The number of carbonyl (C=O) groups excluding carboxylic acids is 1. The summed E-state index contributed by atoms with van der Waals surface area (Å²) in [5.41, 5.74) is 7.84. The van der Waals surface area contributed by atoms with Crippen molar-refractivity contribution in [2.45, 2.75) is 6.42 Å². The summed E-state index contributed by atoms with van der Waals surface area (Å²) in [6.07, 6.45) is 0.973. The van der Waals surface area contributed by atoms with E-state index in [1.807, 2.05) is 17.0 Å². The maximum atomic E-state index is 12.4. The monoisotopic (exact) mass is 304 g/mol. The number of aromatic amines is 1. The first kappa shape index (κ1) is 14.1. The zero-order valence-corrected chi connectivity index (χ0v) is 12.3. The first-order chi connectivity index (χ1) is 10.2. The van der Waals surface area contributed by atoms with E-state index in [1.54, 1.807) is 18.2 Å². The van der Waals surface area contributed by atoms with Gasteiger partial charge in [0, 0.05) is 23.7 Å². The molecule has 0 bridgehead atoms. The molecule has 3 N–H and O–H groups in total. The fourth-order valence-corrected chi connectivity index (χ4v) is 2.71. The number of benzene rings is 1. The van der Waals surface area contributed by atoms with Crippen molar-refractivity contribution < 1.29 is 4.79 Å². The van der Waals surface area contributed by atoms with Gasteiger partial charge in [-0.3, -0.25) is 9.89 Å². The quantitative estimate of drug-likeness (QED) is 0.912. The lowest BCUT2D eigenvalue weighted by Gasteiger charge is -2.14. The van der Waals surface area contributed by atoms with E-state index >= 15 is 0 Å². The number of nitrogens with one attached hydrogen (secondary N) is 1. The van der Waals surface area contributed by atoms with Gasteiger partial charge in [0.15, 0.2) is 0 Å². The molecular formula is C15H17ClN4O. The third-order valence-electron chi connectivity index (χ3n) is 3.85. The fourth-order valence-electron chi connectivity index (χ4n) is 2.58. The molecule has 0 unspecified atom stereocenters. The van der Waals surface area contributed by atoms with Gasteiger partial charge in [0.2, 0.25) is 0 Å². The minimum atomic E-state index is -0.0151. The third kappa shape index (κ3) is 2.94. The van der Waals surface area contributed by atoms with E-state index in [0.717, 1.165) is 30.8 Å². The molecule has 0 aliphatic carbocycles. The molecule has 5 nitrogen and oxygen atoms in total. The number of hydrogen-bond donors (Lipinski definition) is 2. The molecule has 1 saturated heterocycles. The number of nitrogens with two attached hydrogens (primary N) is 1. The average molecular weight is 305 g/mol. The first-order valence-electron chi connectivity index (χ1n) is 6.98. The van der Waals surface area contributed by atoms with Crippen molar-refractivity contribution in [2.24, 2.45) is 11.7 Å². The number of H-pyrrole nitrogens is 1. The molecule has 1 aliphatic rings. The van der Waals surface area contributed by atoms with Crippen LogP contribution in [0.3, 0.4) is 0 Å². The van der Waals surface area contributed by atoms with Gasteiger partial charge in [-0.2, -0.15) is 5.10 Å². The highest BCUT2D eigenvalue weighted by atomic mass is 35.5. The van der Waals surface area contributed by atoms with E-state index in [-0.39, 0.29) is 5.91 Å². The van der Waals surface area contributed by atoms with Crippen LogP contribution in [0.25, 0.3) is 11.3 Å². The van der Waals surface area contributed by atoms with Gasteiger partial charge in [-0.15, -0.1) is 0 Å². The molecule has 6 heteroatoms. The third-order valence-corrected chi connectivity index (χ3v) is 4.11. The van der Waals surface area contributed by atoms with Crippen molar-refractivity contribution in [2.75, 3.05) is 19.6 Å². The lowest BCUT2D eigenvalue weighted by molar-refractivity contribution is 0.0782. The fraction of sp³-hybridized carbons (Fsp3) is 0.333. The Bertz CT molecular complexity index is 637. The zero-order chi connectivity index (χ0) is 14.8. The van der Waals surface area contributed by atoms with Crippen LogP contribution in [0, 0.1) is 5.92 Å². The molecule has 1 amide bonds. The molecule has 21 heavy (non-hydrogen) atoms. The molecule has 1 aromatic heterocycles. The summed E-state index contributed by atoms with van der Waals surface area (Å²) in [5, 5.41) is 7.71. The van der Waals surface area contributed by atoms with Gasteiger partial charge in [-0.25, -0.2) is 0 Å². The molecule has 1 atom stereocenters. The van der Waals surface area contributed by atoms with Crippen molar-refractivity contribution in [3.05, 3.63) is 41.0 Å². The normalized spacial score (nSPS) is 18.2. The number of aromatic nitrogens is 2. The minimum Gasteiger partial charge on any atom is -0.337 e. The Hall–Kier alpha value is -1.85. The number of amides is 1. The number of rotatable bonds is 3. The molecular weight excluding hydrogens is 288 g/mol. The lowest BCUT2D eigenvalue weighted by atomic mass is 10.1. The summed E-state index contributed by atoms with van der Waals surface area (Å²) in [4.78, 5) is 14.2. The number of likely N-dealkylation sites (tertiary alicyclic amines) is 1. The summed E-state index contributed by atoms with van der Waals surface area (Å²) >= 11 is 5.87. The van der Waals surface area contributed by atoms with Crippen LogP contribution in [0.5, 0.6) is 0 Å². The van der Waals surface area contributed by atoms with E-state index in [9.17, 15) is 4.79 Å². The maximum Gasteiger partial charge on any atom is 0.271 e. The van der Waals surface area contributed by atoms with Crippen LogP contribution in [-0.4, -0.2) is 40.6 Å². The Kier molecular flexibility index (Phi) is 3.94. The van der Waals surface area contributed by atoms with Crippen LogP contribution in [0.2, 0.25) is 5.02 Å². The summed E-state index contributed by atoms with van der Waals surface area (Å²) in [5.74, 6) is 0.395. The SMILES string of the molecule is NC[C@@H]1CCN(C(=O)c2cc(-c3ccc(Cl)cc3)n[nH]2)C1. The second kappa shape index (κ2) is 5.87. The molecule has 3 rings (SSSR count). The second-order valence-corrected chi connectivity index (χ2v) is 5.75. The Balaban J connectivity index is 1.75. The van der Waals surface area contributed by atoms with Crippen molar-refractivity contribution in [3.8, 4) is 11.3 Å². The van der Waals surface area contributed by atoms with Crippen LogP contribution >= 0.6 is 11.6 Å². The van der Waals surface area contributed by atoms with Gasteiger partial charge in [0.25, 0.3) is 5.91 Å². The lowest BCUT2D eigenvalue weighted by Crippen LogP contribution is -2.30. The predicted molar refractivity (Wildman–Crippen MR) is 82.1 cm³/mol. The molecule has 2 heterocycles. The minimum absolute atomic E-state index is 0.0151. The molecule has 110 valence electrons. The van der Waals surface area contributed by atoms with Crippen LogP contribution < -0.4 is 5.73 Å². The molecule has 0 saturated carbocycles. The van der Waals surface area contributed by atoms with E-state index < -0.39 is 0 Å². The highest BCUT2D eigenvalue weighted by molar-refractivity contribution is 6.30. The summed E-state index contributed by atoms with van der Waals surface area (Å²) in [7, 11) is 0. The molecule has 1 aromatic carbocycles. The van der Waals surface area contributed by atoms with Gasteiger partial charge in [-0.05, 0) is 37.1 Å². The Morgan fingerprint density at radius 1 is 1.43 bits per heavy atom. The standard InChI is InChI=1S/C15H17ClN4O/c16-12-3-1-11(2-4-12)13-7-14(19-18-13)15(21)20-6-5-10(8-17)9-20/h1-4,7,10H,5-6,8-9,17H2,(H,18,19)/t10-/m0/s1. The van der Waals surface area contributed by atoms with Crippen LogP contribution in [0.1, 0.15) is 16.9 Å². The van der Waals surface area contributed by atoms with E-state index in [4.69, 9.17) is 17.3 Å². The van der Waals surface area contributed by atoms with Gasteiger partial charge in [-0.1, -0.05) is 23.7 Å². The van der Waals surface area contributed by atoms with Gasteiger partial charge in [0.05, 0.1) is 5.69 Å². The highest BCUT2D eigenvalue weighted by Gasteiger charge is 2.27. The van der Waals surface area contributed by atoms with Crippen LogP contribution in [-0.2, 0) is 0 Å². The van der Waals surface area contributed by atoms with Crippen molar-refractivity contribution in [1.82, 2.24) is 15.1 Å². The largest absolute Gasteiger partial charge is 0.337 e. The van der Waals surface area contributed by atoms with Crippen molar-refractivity contribution >= 4 is 17.5 Å². The molecule has 2 aromatic rings. The molecule has 0 radical (unpaired) electrons. The summed E-state index contributed by atoms with van der Waals surface area (Å²) in [6.45, 7) is 2.11. The van der Waals surface area contributed by atoms with Gasteiger partial charge < -0.3 is 10.6 Å². The van der Waals surface area contributed by atoms with Crippen molar-refractivity contribution in [3.63, 3.8) is 0 Å². The predicted octanol–water partition coefficient (Wildman–Crippen LogP) is 2.15. The number of hydrogen-bond acceptors (Lipinski definition) is 3. The Morgan fingerprint density at radius 2 is 2.19 bits per heavy atom. The van der Waals surface area contributed by atoms with E-state index in [1.165, 1.54) is 0 Å².